The fourth-order valence-electron chi connectivity index (χ4n) is 1.27. The van der Waals surface area contributed by atoms with Crippen molar-refractivity contribution >= 4 is 33.0 Å². The van der Waals surface area contributed by atoms with E-state index in [1.807, 2.05) is 11.4 Å². The third-order valence-electron chi connectivity index (χ3n) is 1.83. The SMILES string of the molecule is COc1c(Cl)cc(O)c2sccc12. The summed E-state index contributed by atoms with van der Waals surface area (Å²) in [5.74, 6) is 0.825. The largest absolute Gasteiger partial charge is 0.506 e. The molecule has 2 nitrogen and oxygen atoms in total. The summed E-state index contributed by atoms with van der Waals surface area (Å²) in [6.45, 7) is 0. The molecule has 68 valence electrons. The van der Waals surface area contributed by atoms with E-state index in [1.165, 1.54) is 17.4 Å². The maximum absolute atomic E-state index is 9.53. The van der Waals surface area contributed by atoms with Crippen LogP contribution in [0.1, 0.15) is 0 Å². The molecule has 0 atom stereocenters. The summed E-state index contributed by atoms with van der Waals surface area (Å²) in [6.07, 6.45) is 0. The van der Waals surface area contributed by atoms with E-state index in [1.54, 1.807) is 7.11 Å². The first kappa shape index (κ1) is 8.66. The van der Waals surface area contributed by atoms with Gasteiger partial charge in [0.2, 0.25) is 0 Å². The maximum Gasteiger partial charge on any atom is 0.146 e. The Labute approximate surface area is 84.3 Å². The fraction of sp³-hybridized carbons (Fsp3) is 0.111. The molecule has 0 radical (unpaired) electrons. The van der Waals surface area contributed by atoms with E-state index in [2.05, 4.69) is 0 Å². The van der Waals surface area contributed by atoms with Crippen LogP contribution in [0.5, 0.6) is 11.5 Å². The number of rotatable bonds is 1. The van der Waals surface area contributed by atoms with Gasteiger partial charge in [-0.15, -0.1) is 11.3 Å². The minimum absolute atomic E-state index is 0.204. The molecule has 1 heterocycles. The van der Waals surface area contributed by atoms with Gasteiger partial charge in [-0.1, -0.05) is 11.6 Å². The lowest BCUT2D eigenvalue weighted by Gasteiger charge is -2.05. The fourth-order valence-corrected chi connectivity index (χ4v) is 2.36. The second-order valence-corrected chi connectivity index (χ2v) is 3.90. The van der Waals surface area contributed by atoms with E-state index >= 15 is 0 Å². The van der Waals surface area contributed by atoms with Crippen molar-refractivity contribution in [3.05, 3.63) is 22.5 Å². The van der Waals surface area contributed by atoms with Gasteiger partial charge in [-0.05, 0) is 11.4 Å². The summed E-state index contributed by atoms with van der Waals surface area (Å²) in [5.41, 5.74) is 0. The van der Waals surface area contributed by atoms with Crippen molar-refractivity contribution in [2.24, 2.45) is 0 Å². The quantitative estimate of drug-likeness (QED) is 0.790. The van der Waals surface area contributed by atoms with Crippen LogP contribution in [0.3, 0.4) is 0 Å². The van der Waals surface area contributed by atoms with Crippen LogP contribution in [0, 0.1) is 0 Å². The van der Waals surface area contributed by atoms with Crippen LogP contribution in [0.2, 0.25) is 5.02 Å². The van der Waals surface area contributed by atoms with Gasteiger partial charge < -0.3 is 9.84 Å². The highest BCUT2D eigenvalue weighted by atomic mass is 35.5. The van der Waals surface area contributed by atoms with Gasteiger partial charge in [0.15, 0.2) is 0 Å². The van der Waals surface area contributed by atoms with Crippen LogP contribution in [-0.4, -0.2) is 12.2 Å². The number of phenolic OH excluding ortho intramolecular Hbond substituents is 1. The molecule has 0 unspecified atom stereocenters. The van der Waals surface area contributed by atoms with Crippen LogP contribution in [0.15, 0.2) is 17.5 Å². The Bertz CT molecular complexity index is 450. The highest BCUT2D eigenvalue weighted by molar-refractivity contribution is 7.17. The first-order chi connectivity index (χ1) is 6.24. The molecule has 0 bridgehead atoms. The zero-order valence-electron chi connectivity index (χ0n) is 6.87. The van der Waals surface area contributed by atoms with Crippen LogP contribution in [-0.2, 0) is 0 Å². The molecular formula is C9H7ClO2S. The van der Waals surface area contributed by atoms with Crippen LogP contribution < -0.4 is 4.74 Å². The van der Waals surface area contributed by atoms with Gasteiger partial charge in [-0.3, -0.25) is 0 Å². The van der Waals surface area contributed by atoms with Gasteiger partial charge in [-0.25, -0.2) is 0 Å². The maximum atomic E-state index is 9.53. The second kappa shape index (κ2) is 3.09. The molecular weight excluding hydrogens is 208 g/mol. The summed E-state index contributed by atoms with van der Waals surface area (Å²) >= 11 is 7.35. The van der Waals surface area contributed by atoms with Gasteiger partial charge in [0.25, 0.3) is 0 Å². The number of fused-ring (bicyclic) bond motifs is 1. The number of thiophene rings is 1. The minimum Gasteiger partial charge on any atom is -0.506 e. The molecule has 0 saturated carbocycles. The summed E-state index contributed by atoms with van der Waals surface area (Å²) in [6, 6.07) is 3.38. The van der Waals surface area contributed by atoms with Gasteiger partial charge in [0, 0.05) is 11.5 Å². The lowest BCUT2D eigenvalue weighted by molar-refractivity contribution is 0.418. The number of hydrogen-bond acceptors (Lipinski definition) is 3. The summed E-state index contributed by atoms with van der Waals surface area (Å²) < 4.78 is 5.94. The van der Waals surface area contributed by atoms with E-state index in [0.29, 0.717) is 10.8 Å². The van der Waals surface area contributed by atoms with Gasteiger partial charge in [0.1, 0.15) is 11.5 Å². The third-order valence-corrected chi connectivity index (χ3v) is 3.04. The molecule has 0 aliphatic carbocycles. The Kier molecular flexibility index (Phi) is 2.06. The number of benzene rings is 1. The monoisotopic (exact) mass is 214 g/mol. The van der Waals surface area contributed by atoms with Crippen molar-refractivity contribution in [3.63, 3.8) is 0 Å². The molecule has 0 aliphatic heterocycles. The van der Waals surface area contributed by atoms with Crippen LogP contribution in [0.4, 0.5) is 0 Å². The Morgan fingerprint density at radius 3 is 3.00 bits per heavy atom. The molecule has 0 aliphatic rings. The van der Waals surface area contributed by atoms with Crippen LogP contribution >= 0.6 is 22.9 Å². The third kappa shape index (κ3) is 1.24. The standard InChI is InChI=1S/C9H7ClO2S/c1-12-8-5-2-3-13-9(5)7(11)4-6(8)10/h2-4,11H,1H3. The van der Waals surface area contributed by atoms with Crippen LogP contribution in [0.25, 0.3) is 10.1 Å². The number of aromatic hydroxyl groups is 1. The number of methoxy groups -OCH3 is 1. The predicted octanol–water partition coefficient (Wildman–Crippen LogP) is 3.27. The Morgan fingerprint density at radius 2 is 2.31 bits per heavy atom. The van der Waals surface area contributed by atoms with E-state index in [-0.39, 0.29) is 5.75 Å². The number of ether oxygens (including phenoxy) is 1. The topological polar surface area (TPSA) is 29.5 Å². The van der Waals surface area contributed by atoms with E-state index in [4.69, 9.17) is 16.3 Å². The second-order valence-electron chi connectivity index (χ2n) is 2.57. The molecule has 0 amide bonds. The molecule has 2 aromatic rings. The molecule has 2 rings (SSSR count). The highest BCUT2D eigenvalue weighted by Crippen LogP contribution is 2.41. The van der Waals surface area contributed by atoms with Gasteiger partial charge in [0.05, 0.1) is 16.8 Å². The Hall–Kier alpha value is -0.930. The number of phenols is 1. The molecule has 0 spiro atoms. The van der Waals surface area contributed by atoms with Gasteiger partial charge in [-0.2, -0.15) is 0 Å². The van der Waals surface area contributed by atoms with Crippen molar-refractivity contribution in [2.75, 3.05) is 7.11 Å². The predicted molar refractivity (Wildman–Crippen MR) is 55.1 cm³/mol. The van der Waals surface area contributed by atoms with Crippen molar-refractivity contribution in [2.45, 2.75) is 0 Å². The van der Waals surface area contributed by atoms with E-state index in [0.717, 1.165) is 10.1 Å². The molecule has 1 aromatic carbocycles. The summed E-state index contributed by atoms with van der Waals surface area (Å²) in [5, 5.41) is 12.7. The normalized spacial score (nSPS) is 10.6. The highest BCUT2D eigenvalue weighted by Gasteiger charge is 2.11. The molecule has 4 heteroatoms. The Morgan fingerprint density at radius 1 is 1.54 bits per heavy atom. The number of hydrogen-bond donors (Lipinski definition) is 1. The van der Waals surface area contributed by atoms with Crippen molar-refractivity contribution in [3.8, 4) is 11.5 Å². The summed E-state index contributed by atoms with van der Waals surface area (Å²) in [4.78, 5) is 0. The minimum atomic E-state index is 0.204. The first-order valence-electron chi connectivity index (χ1n) is 3.66. The number of halogens is 1. The average Bonchev–Trinajstić information content (AvgIpc) is 2.53. The molecule has 0 saturated heterocycles. The zero-order valence-corrected chi connectivity index (χ0v) is 8.45. The Balaban J connectivity index is 2.88. The van der Waals surface area contributed by atoms with E-state index in [9.17, 15) is 5.11 Å². The van der Waals surface area contributed by atoms with Crippen molar-refractivity contribution < 1.29 is 9.84 Å². The lowest BCUT2D eigenvalue weighted by Crippen LogP contribution is -1.84. The van der Waals surface area contributed by atoms with E-state index < -0.39 is 0 Å². The molecule has 0 fully saturated rings. The average molecular weight is 215 g/mol. The van der Waals surface area contributed by atoms with Gasteiger partial charge >= 0.3 is 0 Å². The molecule has 1 aromatic heterocycles. The van der Waals surface area contributed by atoms with Crippen molar-refractivity contribution in [1.82, 2.24) is 0 Å². The summed E-state index contributed by atoms with van der Waals surface area (Å²) in [7, 11) is 1.56. The molecule has 13 heavy (non-hydrogen) atoms. The smallest absolute Gasteiger partial charge is 0.146 e. The molecule has 1 N–H and O–H groups in total. The first-order valence-corrected chi connectivity index (χ1v) is 4.92. The lowest BCUT2D eigenvalue weighted by atomic mass is 10.2. The van der Waals surface area contributed by atoms with Crippen molar-refractivity contribution in [1.29, 1.82) is 0 Å². The zero-order chi connectivity index (χ0) is 9.42.